The van der Waals surface area contributed by atoms with Crippen molar-refractivity contribution in [2.45, 2.75) is 19.7 Å². The molecule has 3 aromatic rings. The molecule has 0 aliphatic rings. The molecule has 0 aromatic heterocycles. The summed E-state index contributed by atoms with van der Waals surface area (Å²) in [6.07, 6.45) is -3.09. The van der Waals surface area contributed by atoms with E-state index in [0.717, 1.165) is 36.1 Å². The number of hydrogen-bond donors (Lipinski definition) is 1. The molecule has 0 heterocycles. The molecule has 0 radical (unpaired) electrons. The summed E-state index contributed by atoms with van der Waals surface area (Å²) in [7, 11) is 0. The summed E-state index contributed by atoms with van der Waals surface area (Å²) in [5.41, 5.74) is 4.19. The van der Waals surface area contributed by atoms with E-state index in [4.69, 9.17) is 4.74 Å². The zero-order valence-corrected chi connectivity index (χ0v) is 21.0. The van der Waals surface area contributed by atoms with Crippen LogP contribution in [0.2, 0.25) is 0 Å². The Morgan fingerprint density at radius 1 is 1.06 bits per heavy atom. The summed E-state index contributed by atoms with van der Waals surface area (Å²) in [6.45, 7) is 2.46. The van der Waals surface area contributed by atoms with Crippen molar-refractivity contribution < 1.29 is 22.7 Å². The molecule has 3 aromatic carbocycles. The molecule has 0 saturated carbocycles. The van der Waals surface area contributed by atoms with Gasteiger partial charge >= 0.3 is 6.18 Å². The highest BCUT2D eigenvalue weighted by atomic mass is 127. The number of nitrogens with one attached hydrogen (secondary N) is 1. The lowest BCUT2D eigenvalue weighted by molar-refractivity contribution is -0.137. The fourth-order valence-electron chi connectivity index (χ4n) is 2.82. The van der Waals surface area contributed by atoms with Crippen LogP contribution in [0.1, 0.15) is 32.6 Å². The molecule has 0 bridgehead atoms. The minimum absolute atomic E-state index is 0.124. The fraction of sp³-hybridized carbons (Fsp3) is 0.130. The number of benzene rings is 3. The third-order valence-electron chi connectivity index (χ3n) is 4.32. The summed E-state index contributed by atoms with van der Waals surface area (Å²) in [5, 5.41) is 3.87. The number of ether oxygens (including phenoxy) is 1. The standard InChI is InChI=1S/C23H17F3I2N2O2/c1-14-4-2-5-15(8-14)13-32-21-19(27)9-16(10-20(21)28)12-29-30-22(31)17-6-3-7-18(11-17)23(24,25)26/h2-12H,13H2,1H3,(H,30,31)/b29-12-. The van der Waals surface area contributed by atoms with Gasteiger partial charge in [-0.2, -0.15) is 18.3 Å². The topological polar surface area (TPSA) is 50.7 Å². The molecule has 1 N–H and O–H groups in total. The van der Waals surface area contributed by atoms with Crippen LogP contribution in [0.5, 0.6) is 5.75 Å². The van der Waals surface area contributed by atoms with Crippen LogP contribution in [-0.2, 0) is 12.8 Å². The van der Waals surface area contributed by atoms with Crippen molar-refractivity contribution in [2.24, 2.45) is 5.10 Å². The average Bonchev–Trinajstić information content (AvgIpc) is 2.72. The Hall–Kier alpha value is -2.15. The molecule has 0 aliphatic heterocycles. The van der Waals surface area contributed by atoms with E-state index in [1.165, 1.54) is 18.3 Å². The highest BCUT2D eigenvalue weighted by Crippen LogP contribution is 2.30. The summed E-state index contributed by atoms with van der Waals surface area (Å²) in [5.74, 6) is 0.0210. The van der Waals surface area contributed by atoms with Crippen molar-refractivity contribution in [3.8, 4) is 5.75 Å². The van der Waals surface area contributed by atoms with Crippen molar-refractivity contribution in [2.75, 3.05) is 0 Å². The average molecular weight is 664 g/mol. The summed E-state index contributed by atoms with van der Waals surface area (Å²) >= 11 is 4.32. The van der Waals surface area contributed by atoms with Gasteiger partial charge in [0, 0.05) is 5.56 Å². The number of hydrogen-bond acceptors (Lipinski definition) is 3. The second-order valence-electron chi connectivity index (χ2n) is 6.87. The molecule has 0 unspecified atom stereocenters. The lowest BCUT2D eigenvalue weighted by atomic mass is 10.1. The van der Waals surface area contributed by atoms with Crippen LogP contribution in [0.3, 0.4) is 0 Å². The van der Waals surface area contributed by atoms with E-state index in [1.54, 1.807) is 0 Å². The van der Waals surface area contributed by atoms with Crippen LogP contribution in [0.4, 0.5) is 13.2 Å². The minimum atomic E-state index is -4.52. The first-order valence-corrected chi connectivity index (χ1v) is 11.5. The molecular weight excluding hydrogens is 647 g/mol. The van der Waals surface area contributed by atoms with Gasteiger partial charge in [-0.05, 0) is 93.6 Å². The summed E-state index contributed by atoms with van der Waals surface area (Å²) in [4.78, 5) is 12.1. The second-order valence-corrected chi connectivity index (χ2v) is 9.19. The summed E-state index contributed by atoms with van der Waals surface area (Å²) in [6, 6.07) is 15.9. The molecule has 3 rings (SSSR count). The molecule has 0 saturated heterocycles. The number of rotatable bonds is 6. The third-order valence-corrected chi connectivity index (χ3v) is 5.92. The van der Waals surface area contributed by atoms with Crippen molar-refractivity contribution in [3.63, 3.8) is 0 Å². The zero-order valence-electron chi connectivity index (χ0n) is 16.7. The van der Waals surface area contributed by atoms with Gasteiger partial charge in [0.05, 0.1) is 18.9 Å². The maximum atomic E-state index is 12.8. The fourth-order valence-corrected chi connectivity index (χ4v) is 4.94. The van der Waals surface area contributed by atoms with Crippen LogP contribution in [0, 0.1) is 14.1 Å². The van der Waals surface area contributed by atoms with E-state index < -0.39 is 17.6 Å². The van der Waals surface area contributed by atoms with Gasteiger partial charge in [-0.15, -0.1) is 0 Å². The van der Waals surface area contributed by atoms with Gasteiger partial charge < -0.3 is 4.74 Å². The Balaban J connectivity index is 1.65. The molecule has 1 amide bonds. The third kappa shape index (κ3) is 6.67. The zero-order chi connectivity index (χ0) is 23.3. The Morgan fingerprint density at radius 2 is 1.75 bits per heavy atom. The summed E-state index contributed by atoms with van der Waals surface area (Å²) < 4.78 is 46.1. The number of aryl methyl sites for hydroxylation is 1. The molecule has 4 nitrogen and oxygen atoms in total. The highest BCUT2D eigenvalue weighted by molar-refractivity contribution is 14.1. The van der Waals surface area contributed by atoms with Gasteiger partial charge in [-0.25, -0.2) is 5.43 Å². The van der Waals surface area contributed by atoms with Gasteiger partial charge in [0.15, 0.2) is 0 Å². The minimum Gasteiger partial charge on any atom is -0.487 e. The maximum Gasteiger partial charge on any atom is 0.416 e. The van der Waals surface area contributed by atoms with E-state index in [-0.39, 0.29) is 5.56 Å². The number of halogens is 5. The molecule has 9 heteroatoms. The predicted octanol–water partition coefficient (Wildman–Crippen LogP) is 6.57. The number of carbonyl (C=O) groups excluding carboxylic acids is 1. The Bertz CT molecular complexity index is 1140. The van der Waals surface area contributed by atoms with Gasteiger partial charge in [-0.1, -0.05) is 35.9 Å². The van der Waals surface area contributed by atoms with Crippen molar-refractivity contribution in [3.05, 3.63) is 95.6 Å². The monoisotopic (exact) mass is 664 g/mol. The Labute approximate surface area is 210 Å². The first-order chi connectivity index (χ1) is 15.1. The molecule has 32 heavy (non-hydrogen) atoms. The Morgan fingerprint density at radius 3 is 2.41 bits per heavy atom. The number of hydrazone groups is 1. The van der Waals surface area contributed by atoms with Crippen LogP contribution >= 0.6 is 45.2 Å². The largest absolute Gasteiger partial charge is 0.487 e. The van der Waals surface area contributed by atoms with Gasteiger partial charge in [0.1, 0.15) is 12.4 Å². The normalized spacial score (nSPS) is 11.6. The van der Waals surface area contributed by atoms with Gasteiger partial charge in [0.25, 0.3) is 5.91 Å². The quantitative estimate of drug-likeness (QED) is 0.184. The second kappa shape index (κ2) is 10.6. The number of alkyl halides is 3. The number of amides is 1. The number of nitrogens with zero attached hydrogens (tertiary/aromatic N) is 1. The molecule has 0 aliphatic carbocycles. The van der Waals surface area contributed by atoms with E-state index >= 15 is 0 Å². The predicted molar refractivity (Wildman–Crippen MR) is 134 cm³/mol. The highest BCUT2D eigenvalue weighted by Gasteiger charge is 2.30. The van der Waals surface area contributed by atoms with E-state index in [9.17, 15) is 18.0 Å². The van der Waals surface area contributed by atoms with Crippen LogP contribution in [0.25, 0.3) is 0 Å². The van der Waals surface area contributed by atoms with Crippen molar-refractivity contribution in [1.29, 1.82) is 0 Å². The maximum absolute atomic E-state index is 12.8. The molecule has 166 valence electrons. The van der Waals surface area contributed by atoms with Crippen LogP contribution in [-0.4, -0.2) is 12.1 Å². The number of carbonyl (C=O) groups is 1. The van der Waals surface area contributed by atoms with Gasteiger partial charge in [0.2, 0.25) is 0 Å². The van der Waals surface area contributed by atoms with Gasteiger partial charge in [-0.3, -0.25) is 4.79 Å². The smallest absolute Gasteiger partial charge is 0.416 e. The van der Waals surface area contributed by atoms with E-state index in [2.05, 4.69) is 61.8 Å². The van der Waals surface area contributed by atoms with Crippen molar-refractivity contribution >= 4 is 57.3 Å². The first-order valence-electron chi connectivity index (χ1n) is 9.31. The van der Waals surface area contributed by atoms with E-state index in [0.29, 0.717) is 12.2 Å². The van der Waals surface area contributed by atoms with E-state index in [1.807, 2.05) is 37.3 Å². The lowest BCUT2D eigenvalue weighted by Gasteiger charge is -2.12. The Kier molecular flexibility index (Phi) is 8.15. The van der Waals surface area contributed by atoms with Crippen molar-refractivity contribution in [1.82, 2.24) is 5.43 Å². The van der Waals surface area contributed by atoms with Crippen LogP contribution < -0.4 is 10.2 Å². The molecule has 0 spiro atoms. The SMILES string of the molecule is Cc1cccc(COc2c(I)cc(/C=N\NC(=O)c3cccc(C(F)(F)F)c3)cc2I)c1. The molecular formula is C23H17F3I2N2O2. The lowest BCUT2D eigenvalue weighted by Crippen LogP contribution is -2.18. The molecule has 0 atom stereocenters. The molecule has 0 fully saturated rings. The first kappa shape index (κ1) is 24.5. The van der Waals surface area contributed by atoms with Crippen LogP contribution in [0.15, 0.2) is 65.8 Å².